The average molecular weight is 405 g/mol. The number of thioether (sulfide) groups is 1. The molecule has 0 spiro atoms. The largest absolute Gasteiger partial charge is 0.494 e. The van der Waals surface area contributed by atoms with Gasteiger partial charge in [-0.15, -0.1) is 11.3 Å². The first-order chi connectivity index (χ1) is 13.1. The Kier molecular flexibility index (Phi) is 5.23. The lowest BCUT2D eigenvalue weighted by Gasteiger charge is -2.12. The number of methoxy groups -OCH3 is 1. The first kappa shape index (κ1) is 18.5. The summed E-state index contributed by atoms with van der Waals surface area (Å²) < 4.78 is 20.7. The molecule has 0 radical (unpaired) electrons. The van der Waals surface area contributed by atoms with Gasteiger partial charge in [-0.3, -0.25) is 9.36 Å². The van der Waals surface area contributed by atoms with Crippen LogP contribution in [0.25, 0.3) is 10.2 Å². The molecule has 2 aromatic heterocycles. The van der Waals surface area contributed by atoms with Crippen LogP contribution in [0.15, 0.2) is 28.2 Å². The fourth-order valence-electron chi connectivity index (χ4n) is 3.54. The maximum atomic E-state index is 13.9. The standard InChI is InChI=1S/C20H21FN2O2S2/c1-3-9-23-19(24)17-13-5-4-6-16(13)27-18(17)22-20(23)26-11-12-7-8-15(25-2)14(21)10-12/h7-8,10H,3-6,9,11H2,1-2H3. The van der Waals surface area contributed by atoms with Gasteiger partial charge in [0, 0.05) is 17.2 Å². The second-order valence-electron chi connectivity index (χ2n) is 6.65. The van der Waals surface area contributed by atoms with E-state index in [-0.39, 0.29) is 17.1 Å². The van der Waals surface area contributed by atoms with Crippen molar-refractivity contribution >= 4 is 33.3 Å². The summed E-state index contributed by atoms with van der Waals surface area (Å²) in [6.45, 7) is 2.70. The van der Waals surface area contributed by atoms with Crippen LogP contribution in [0.3, 0.4) is 0 Å². The Morgan fingerprint density at radius 3 is 2.96 bits per heavy atom. The molecule has 4 rings (SSSR count). The molecule has 0 unspecified atom stereocenters. The highest BCUT2D eigenvalue weighted by molar-refractivity contribution is 7.98. The van der Waals surface area contributed by atoms with E-state index in [0.29, 0.717) is 17.5 Å². The summed E-state index contributed by atoms with van der Waals surface area (Å²) in [5.41, 5.74) is 2.13. The molecule has 7 heteroatoms. The molecule has 0 bridgehead atoms. The molecule has 0 atom stereocenters. The third kappa shape index (κ3) is 3.38. The first-order valence-corrected chi connectivity index (χ1v) is 10.9. The highest BCUT2D eigenvalue weighted by atomic mass is 32.2. The average Bonchev–Trinajstić information content (AvgIpc) is 3.23. The molecule has 0 N–H and O–H groups in total. The highest BCUT2D eigenvalue weighted by Crippen LogP contribution is 2.36. The fourth-order valence-corrected chi connectivity index (χ4v) is 5.81. The minimum absolute atomic E-state index is 0.0738. The van der Waals surface area contributed by atoms with Gasteiger partial charge in [0.25, 0.3) is 5.56 Å². The maximum Gasteiger partial charge on any atom is 0.263 e. The lowest BCUT2D eigenvalue weighted by atomic mass is 10.2. The summed E-state index contributed by atoms with van der Waals surface area (Å²) in [5, 5.41) is 1.53. The molecule has 3 aromatic rings. The molecule has 4 nitrogen and oxygen atoms in total. The van der Waals surface area contributed by atoms with Gasteiger partial charge in [0.05, 0.1) is 12.5 Å². The van der Waals surface area contributed by atoms with Gasteiger partial charge in [-0.25, -0.2) is 9.37 Å². The van der Waals surface area contributed by atoms with Crippen LogP contribution in [0, 0.1) is 5.82 Å². The highest BCUT2D eigenvalue weighted by Gasteiger charge is 2.23. The van der Waals surface area contributed by atoms with Crippen molar-refractivity contribution in [3.63, 3.8) is 0 Å². The number of hydrogen-bond donors (Lipinski definition) is 0. The van der Waals surface area contributed by atoms with Gasteiger partial charge in [-0.1, -0.05) is 24.8 Å². The minimum atomic E-state index is -0.375. The summed E-state index contributed by atoms with van der Waals surface area (Å²) in [6, 6.07) is 4.95. The molecule has 0 aliphatic heterocycles. The van der Waals surface area contributed by atoms with Gasteiger partial charge >= 0.3 is 0 Å². The molecule has 1 aliphatic rings. The summed E-state index contributed by atoms with van der Waals surface area (Å²) in [5.74, 6) is 0.409. The van der Waals surface area contributed by atoms with Gasteiger partial charge in [0.1, 0.15) is 4.83 Å². The van der Waals surface area contributed by atoms with Crippen LogP contribution >= 0.6 is 23.1 Å². The summed E-state index contributed by atoms with van der Waals surface area (Å²) in [7, 11) is 1.45. The van der Waals surface area contributed by atoms with E-state index in [2.05, 4.69) is 6.92 Å². The van der Waals surface area contributed by atoms with E-state index in [1.165, 1.54) is 35.4 Å². The molecule has 0 amide bonds. The molecule has 0 fully saturated rings. The zero-order chi connectivity index (χ0) is 19.0. The Bertz CT molecular complexity index is 1060. The van der Waals surface area contributed by atoms with E-state index < -0.39 is 0 Å². The molecule has 27 heavy (non-hydrogen) atoms. The van der Waals surface area contributed by atoms with Gasteiger partial charge in [-0.05, 0) is 48.9 Å². The predicted molar refractivity (Wildman–Crippen MR) is 109 cm³/mol. The number of benzene rings is 1. The molecule has 0 saturated carbocycles. The van der Waals surface area contributed by atoms with Gasteiger partial charge in [0.15, 0.2) is 16.7 Å². The monoisotopic (exact) mass is 404 g/mol. The van der Waals surface area contributed by atoms with Crippen molar-refractivity contribution in [2.75, 3.05) is 7.11 Å². The number of halogens is 1. The number of nitrogens with zero attached hydrogens (tertiary/aromatic N) is 2. The second-order valence-corrected chi connectivity index (χ2v) is 8.67. The number of aryl methyl sites for hydroxylation is 2. The summed E-state index contributed by atoms with van der Waals surface area (Å²) >= 11 is 3.14. The van der Waals surface area contributed by atoms with Crippen LogP contribution in [0.2, 0.25) is 0 Å². The Balaban J connectivity index is 1.69. The van der Waals surface area contributed by atoms with E-state index in [4.69, 9.17) is 9.72 Å². The Morgan fingerprint density at radius 2 is 2.22 bits per heavy atom. The normalized spacial score (nSPS) is 13.3. The molecule has 1 aliphatic carbocycles. The topological polar surface area (TPSA) is 44.1 Å². The SMILES string of the molecule is CCCn1c(SCc2ccc(OC)c(F)c2)nc2sc3c(c2c1=O)CCC3. The minimum Gasteiger partial charge on any atom is -0.494 e. The zero-order valence-corrected chi connectivity index (χ0v) is 17.0. The van der Waals surface area contributed by atoms with E-state index in [1.54, 1.807) is 22.0 Å². The fraction of sp³-hybridized carbons (Fsp3) is 0.400. The van der Waals surface area contributed by atoms with Crippen molar-refractivity contribution in [3.05, 3.63) is 50.4 Å². The predicted octanol–water partition coefficient (Wildman–Crippen LogP) is 4.80. The van der Waals surface area contributed by atoms with E-state index in [9.17, 15) is 9.18 Å². The van der Waals surface area contributed by atoms with Crippen LogP contribution in [0.5, 0.6) is 5.75 Å². The molecular weight excluding hydrogens is 383 g/mol. The maximum absolute atomic E-state index is 13.9. The number of hydrogen-bond acceptors (Lipinski definition) is 5. The number of ether oxygens (including phenoxy) is 1. The third-order valence-electron chi connectivity index (χ3n) is 4.82. The van der Waals surface area contributed by atoms with Gasteiger partial charge in [0.2, 0.25) is 0 Å². The van der Waals surface area contributed by atoms with Crippen molar-refractivity contribution in [1.82, 2.24) is 9.55 Å². The number of thiophene rings is 1. The van der Waals surface area contributed by atoms with Crippen molar-refractivity contribution < 1.29 is 9.13 Å². The Hall–Kier alpha value is -1.86. The zero-order valence-electron chi connectivity index (χ0n) is 15.4. The molecule has 2 heterocycles. The quantitative estimate of drug-likeness (QED) is 0.437. The van der Waals surface area contributed by atoms with Crippen LogP contribution in [0.4, 0.5) is 4.39 Å². The molecular formula is C20H21FN2O2S2. The molecule has 1 aromatic carbocycles. The second kappa shape index (κ2) is 7.64. The van der Waals surface area contributed by atoms with Gasteiger partial charge in [-0.2, -0.15) is 0 Å². The number of rotatable bonds is 6. The molecule has 0 saturated heterocycles. The van der Waals surface area contributed by atoms with Crippen molar-refractivity contribution in [3.8, 4) is 5.75 Å². The Labute approximate surface area is 165 Å². The summed E-state index contributed by atoms with van der Waals surface area (Å²) in [4.78, 5) is 20.1. The number of fused-ring (bicyclic) bond motifs is 3. The van der Waals surface area contributed by atoms with Crippen molar-refractivity contribution in [2.24, 2.45) is 0 Å². The molecule has 142 valence electrons. The number of aromatic nitrogens is 2. The van der Waals surface area contributed by atoms with Crippen LogP contribution < -0.4 is 10.3 Å². The summed E-state index contributed by atoms with van der Waals surface area (Å²) in [6.07, 6.45) is 4.03. The smallest absolute Gasteiger partial charge is 0.263 e. The van der Waals surface area contributed by atoms with Crippen LogP contribution in [0.1, 0.15) is 35.8 Å². The van der Waals surface area contributed by atoms with Gasteiger partial charge < -0.3 is 4.74 Å². The van der Waals surface area contributed by atoms with E-state index in [1.807, 2.05) is 6.07 Å². The van der Waals surface area contributed by atoms with E-state index >= 15 is 0 Å². The third-order valence-corrected chi connectivity index (χ3v) is 7.05. The lowest BCUT2D eigenvalue weighted by molar-refractivity contribution is 0.386. The lowest BCUT2D eigenvalue weighted by Crippen LogP contribution is -2.23. The first-order valence-electron chi connectivity index (χ1n) is 9.12. The van der Waals surface area contributed by atoms with E-state index in [0.717, 1.165) is 41.5 Å². The van der Waals surface area contributed by atoms with Crippen LogP contribution in [-0.4, -0.2) is 16.7 Å². The van der Waals surface area contributed by atoms with Crippen LogP contribution in [-0.2, 0) is 25.1 Å². The Morgan fingerprint density at radius 1 is 1.37 bits per heavy atom. The van der Waals surface area contributed by atoms with Crippen molar-refractivity contribution in [1.29, 1.82) is 0 Å². The van der Waals surface area contributed by atoms with Crippen molar-refractivity contribution in [2.45, 2.75) is 50.1 Å².